The third-order valence-corrected chi connectivity index (χ3v) is 8.72. The molecule has 2 aliphatic heterocycles. The van der Waals surface area contributed by atoms with Crippen LogP contribution in [0, 0.1) is 17.0 Å². The van der Waals surface area contributed by atoms with E-state index in [4.69, 9.17) is 4.74 Å². The molecule has 1 amide bonds. The molecular formula is C25H26F4N2O5S. The van der Waals surface area contributed by atoms with Crippen LogP contribution in [0.15, 0.2) is 24.4 Å². The monoisotopic (exact) mass is 542 g/mol. The van der Waals surface area contributed by atoms with Crippen molar-refractivity contribution in [3.63, 3.8) is 0 Å². The summed E-state index contributed by atoms with van der Waals surface area (Å²) in [6.07, 6.45) is -1.59. The fraction of sp³-hybridized carbons (Fsp3) is 0.480. The number of hydrogen-bond donors (Lipinski definition) is 0. The van der Waals surface area contributed by atoms with E-state index >= 15 is 4.39 Å². The van der Waals surface area contributed by atoms with Gasteiger partial charge in [-0.3, -0.25) is 14.5 Å². The number of carbonyl (C=O) groups is 2. The lowest BCUT2D eigenvalue weighted by atomic mass is 9.78. The smallest absolute Gasteiger partial charge is 0.272 e. The highest BCUT2D eigenvalue weighted by Gasteiger charge is 2.47. The topological polar surface area (TPSA) is 93.6 Å². The maximum atomic E-state index is 15.3. The number of carbonyl (C=O) groups excluding carboxylic acids is 2. The van der Waals surface area contributed by atoms with Crippen LogP contribution in [0.1, 0.15) is 56.0 Å². The number of amides is 1. The van der Waals surface area contributed by atoms with Gasteiger partial charge in [0, 0.05) is 12.5 Å². The first-order chi connectivity index (χ1) is 17.1. The first kappa shape index (κ1) is 27.0. The Kier molecular flexibility index (Phi) is 6.85. The van der Waals surface area contributed by atoms with Crippen LogP contribution in [0.5, 0.6) is 5.88 Å². The summed E-state index contributed by atoms with van der Waals surface area (Å²) in [5.41, 5.74) is -2.20. The Morgan fingerprint density at radius 3 is 2.35 bits per heavy atom. The van der Waals surface area contributed by atoms with Crippen molar-refractivity contribution in [3.05, 3.63) is 47.2 Å². The highest BCUT2D eigenvalue weighted by atomic mass is 32.2. The second-order valence-corrected chi connectivity index (χ2v) is 12.7. The molecule has 0 saturated carbocycles. The summed E-state index contributed by atoms with van der Waals surface area (Å²) in [6.45, 7) is 3.89. The van der Waals surface area contributed by atoms with Crippen LogP contribution in [0.3, 0.4) is 0 Å². The zero-order valence-corrected chi connectivity index (χ0v) is 21.3. The van der Waals surface area contributed by atoms with Gasteiger partial charge >= 0.3 is 0 Å². The number of alkyl halides is 2. The molecule has 3 heterocycles. The highest BCUT2D eigenvalue weighted by molar-refractivity contribution is 7.91. The second-order valence-electron chi connectivity index (χ2n) is 10.4. The summed E-state index contributed by atoms with van der Waals surface area (Å²) in [5, 5.41) is 0. The molecule has 0 atom stereocenters. The molecule has 7 nitrogen and oxygen atoms in total. The number of hydrogen-bond acceptors (Lipinski definition) is 6. The fourth-order valence-corrected chi connectivity index (χ4v) is 6.52. The molecule has 200 valence electrons. The van der Waals surface area contributed by atoms with Gasteiger partial charge in [-0.05, 0) is 49.8 Å². The zero-order valence-electron chi connectivity index (χ0n) is 20.5. The minimum atomic E-state index is -3.15. The van der Waals surface area contributed by atoms with Gasteiger partial charge in [-0.2, -0.15) is 0 Å². The van der Waals surface area contributed by atoms with Crippen LogP contribution < -0.4 is 9.64 Å². The van der Waals surface area contributed by atoms with E-state index < -0.39 is 57.0 Å². The summed E-state index contributed by atoms with van der Waals surface area (Å²) in [7, 11) is -3.15. The van der Waals surface area contributed by atoms with Gasteiger partial charge in [-0.15, -0.1) is 0 Å². The molecular weight excluding hydrogens is 516 g/mol. The number of pyridine rings is 1. The SMILES string of the molecule is CC1(CC(=O)c2cc3c(cc2F)N(c2cc(OCC(F)F)ncc2F)C(=O)C3(C)C)CCS(=O)(=O)CC1. The number of halogens is 4. The standard InChI is InChI=1S/C25H26F4N2O5S/c1-24(2)15-8-14(20(32)11-25(3)4-6-37(34,35)7-5-25)16(26)9-18(15)31(23(24)33)19-10-22(30-12-17(19)27)36-13-21(28)29/h8-10,12,21H,4-7,11,13H2,1-3H3. The summed E-state index contributed by atoms with van der Waals surface area (Å²) in [4.78, 5) is 31.0. The Morgan fingerprint density at radius 2 is 1.73 bits per heavy atom. The zero-order chi connectivity index (χ0) is 27.3. The van der Waals surface area contributed by atoms with Gasteiger partial charge in [0.05, 0.1) is 40.1 Å². The lowest BCUT2D eigenvalue weighted by molar-refractivity contribution is -0.121. The first-order valence-corrected chi connectivity index (χ1v) is 13.4. The van der Waals surface area contributed by atoms with Gasteiger partial charge in [0.25, 0.3) is 6.43 Å². The molecule has 0 N–H and O–H groups in total. The van der Waals surface area contributed by atoms with Crippen molar-refractivity contribution in [2.75, 3.05) is 23.0 Å². The predicted octanol–water partition coefficient (Wildman–Crippen LogP) is 4.75. The van der Waals surface area contributed by atoms with Crippen molar-refractivity contribution in [1.29, 1.82) is 0 Å². The highest BCUT2D eigenvalue weighted by Crippen LogP contribution is 2.48. The van der Waals surface area contributed by atoms with E-state index in [0.717, 1.165) is 17.0 Å². The Bertz CT molecular complexity index is 1360. The van der Waals surface area contributed by atoms with Gasteiger partial charge in [0.1, 0.15) is 15.7 Å². The minimum absolute atomic E-state index is 0.00364. The molecule has 0 unspecified atom stereocenters. The Balaban J connectivity index is 1.69. The van der Waals surface area contributed by atoms with Crippen molar-refractivity contribution in [2.24, 2.45) is 5.41 Å². The van der Waals surface area contributed by atoms with E-state index in [1.165, 1.54) is 6.07 Å². The summed E-state index contributed by atoms with van der Waals surface area (Å²) < 4.78 is 83.5. The maximum Gasteiger partial charge on any atom is 0.272 e. The maximum absolute atomic E-state index is 15.3. The lowest BCUT2D eigenvalue weighted by Gasteiger charge is -2.32. The third-order valence-electron chi connectivity index (χ3n) is 7.07. The van der Waals surface area contributed by atoms with Gasteiger partial charge in [0.15, 0.2) is 18.2 Å². The minimum Gasteiger partial charge on any atom is -0.472 e. The van der Waals surface area contributed by atoms with Gasteiger partial charge in [-0.25, -0.2) is 31.0 Å². The first-order valence-electron chi connectivity index (χ1n) is 11.6. The normalized spacial score (nSPS) is 19.7. The molecule has 1 fully saturated rings. The van der Waals surface area contributed by atoms with Crippen molar-refractivity contribution in [3.8, 4) is 5.88 Å². The lowest BCUT2D eigenvalue weighted by Crippen LogP contribution is -2.33. The third kappa shape index (κ3) is 5.21. The number of rotatable bonds is 7. The van der Waals surface area contributed by atoms with Crippen molar-refractivity contribution < 1.29 is 40.3 Å². The van der Waals surface area contributed by atoms with E-state index in [1.54, 1.807) is 20.8 Å². The van der Waals surface area contributed by atoms with E-state index in [9.17, 15) is 31.2 Å². The van der Waals surface area contributed by atoms with E-state index in [2.05, 4.69) is 4.98 Å². The molecule has 0 bridgehead atoms. The fourth-order valence-electron chi connectivity index (χ4n) is 4.70. The van der Waals surface area contributed by atoms with Crippen molar-refractivity contribution in [1.82, 2.24) is 4.98 Å². The largest absolute Gasteiger partial charge is 0.472 e. The number of fused-ring (bicyclic) bond motifs is 1. The molecule has 37 heavy (non-hydrogen) atoms. The number of anilines is 2. The second kappa shape index (κ2) is 9.38. The molecule has 4 rings (SSSR count). The molecule has 1 aromatic heterocycles. The molecule has 0 radical (unpaired) electrons. The Hall–Kier alpha value is -3.02. The number of Topliss-reactive ketones (excluding diaryl/α,β-unsaturated/α-hetero) is 1. The number of sulfone groups is 1. The quantitative estimate of drug-likeness (QED) is 0.371. The molecule has 0 spiro atoms. The number of nitrogens with zero attached hydrogens (tertiary/aromatic N) is 2. The predicted molar refractivity (Wildman–Crippen MR) is 127 cm³/mol. The van der Waals surface area contributed by atoms with Crippen LogP contribution >= 0.6 is 0 Å². The average Bonchev–Trinajstić information content (AvgIpc) is 2.99. The van der Waals surface area contributed by atoms with Crippen molar-refractivity contribution in [2.45, 2.75) is 51.9 Å². The summed E-state index contributed by atoms with van der Waals surface area (Å²) in [5.74, 6) is -3.45. The number of ether oxygens (including phenoxy) is 1. The van der Waals surface area contributed by atoms with E-state index in [-0.39, 0.29) is 59.1 Å². The van der Waals surface area contributed by atoms with Crippen LogP contribution in [-0.2, 0) is 20.0 Å². The molecule has 1 saturated heterocycles. The Morgan fingerprint density at radius 1 is 1.08 bits per heavy atom. The molecule has 2 aromatic rings. The van der Waals surface area contributed by atoms with Crippen LogP contribution in [0.25, 0.3) is 0 Å². The van der Waals surface area contributed by atoms with E-state index in [1.807, 2.05) is 0 Å². The Labute approximate surface area is 211 Å². The number of benzene rings is 1. The molecule has 1 aromatic carbocycles. The van der Waals surface area contributed by atoms with Gasteiger partial charge < -0.3 is 4.74 Å². The molecule has 0 aliphatic carbocycles. The summed E-state index contributed by atoms with van der Waals surface area (Å²) >= 11 is 0. The van der Waals surface area contributed by atoms with E-state index in [0.29, 0.717) is 6.20 Å². The summed E-state index contributed by atoms with van der Waals surface area (Å²) in [6, 6.07) is 3.24. The van der Waals surface area contributed by atoms with Crippen LogP contribution in [-0.4, -0.2) is 49.6 Å². The molecule has 2 aliphatic rings. The number of aromatic nitrogens is 1. The molecule has 12 heteroatoms. The van der Waals surface area contributed by atoms with Gasteiger partial charge in [-0.1, -0.05) is 6.92 Å². The van der Waals surface area contributed by atoms with Crippen molar-refractivity contribution >= 4 is 32.9 Å². The van der Waals surface area contributed by atoms with Crippen LogP contribution in [0.4, 0.5) is 28.9 Å². The number of ketones is 1. The van der Waals surface area contributed by atoms with Gasteiger partial charge in [0.2, 0.25) is 11.8 Å². The van der Waals surface area contributed by atoms with Crippen LogP contribution in [0.2, 0.25) is 0 Å². The average molecular weight is 543 g/mol.